The van der Waals surface area contributed by atoms with Crippen LogP contribution in [0.5, 0.6) is 11.5 Å². The summed E-state index contributed by atoms with van der Waals surface area (Å²) in [5, 5.41) is 22.1. The van der Waals surface area contributed by atoms with E-state index >= 15 is 0 Å². The number of benzene rings is 4. The van der Waals surface area contributed by atoms with Gasteiger partial charge in [-0.05, 0) is 98.6 Å². The largest absolute Gasteiger partial charge is 0.508 e. The molecule has 0 aromatic heterocycles. The Morgan fingerprint density at radius 3 is 1.42 bits per heavy atom. The van der Waals surface area contributed by atoms with Crippen LogP contribution in [0.15, 0.2) is 106 Å². The fraction of sp³-hybridized carbons (Fsp3) is 0.286. The van der Waals surface area contributed by atoms with Crippen molar-refractivity contribution in [1.29, 1.82) is 0 Å². The Hall–Kier alpha value is -3.33. The monoisotopic (exact) mass is 710 g/mol. The van der Waals surface area contributed by atoms with Crippen molar-refractivity contribution in [3.05, 3.63) is 128 Å². The fourth-order valence-electron chi connectivity index (χ4n) is 4.53. The number of nitrogens with one attached hydrogen (secondary N) is 1. The molecule has 2 unspecified atom stereocenters. The van der Waals surface area contributed by atoms with Crippen LogP contribution in [0.4, 0.5) is 4.79 Å². The van der Waals surface area contributed by atoms with Crippen molar-refractivity contribution >= 4 is 38.0 Å². The lowest BCUT2D eigenvalue weighted by Crippen LogP contribution is -2.36. The molecule has 4 rings (SSSR count). The van der Waals surface area contributed by atoms with Crippen LogP contribution in [0.1, 0.15) is 54.9 Å². The van der Waals surface area contributed by atoms with Gasteiger partial charge in [0.1, 0.15) is 17.1 Å². The van der Waals surface area contributed by atoms with Crippen LogP contribution in [0.25, 0.3) is 0 Å². The summed E-state index contributed by atoms with van der Waals surface area (Å²) < 4.78 is 7.53. The van der Waals surface area contributed by atoms with E-state index in [0.717, 1.165) is 26.6 Å². The first-order valence-electron chi connectivity index (χ1n) is 14.0. The van der Waals surface area contributed by atoms with Gasteiger partial charge >= 0.3 is 6.09 Å². The highest BCUT2D eigenvalue weighted by Gasteiger charge is 2.24. The third-order valence-corrected chi connectivity index (χ3v) is 7.76. The van der Waals surface area contributed by atoms with Crippen LogP contribution in [0.3, 0.4) is 0 Å². The van der Waals surface area contributed by atoms with Gasteiger partial charge in [0.2, 0.25) is 0 Å². The molecular formula is C35H40Br2N2O4. The highest BCUT2D eigenvalue weighted by Crippen LogP contribution is 2.29. The predicted molar refractivity (Wildman–Crippen MR) is 181 cm³/mol. The van der Waals surface area contributed by atoms with Gasteiger partial charge in [0.05, 0.1) is 0 Å². The molecule has 228 valence electrons. The van der Waals surface area contributed by atoms with Crippen LogP contribution in [-0.4, -0.2) is 54.0 Å². The molecule has 0 fully saturated rings. The maximum absolute atomic E-state index is 12.3. The van der Waals surface area contributed by atoms with Crippen molar-refractivity contribution in [2.45, 2.75) is 38.2 Å². The summed E-state index contributed by atoms with van der Waals surface area (Å²) in [7, 11) is 3.69. The number of rotatable bonds is 8. The second-order valence-corrected chi connectivity index (χ2v) is 13.1. The van der Waals surface area contributed by atoms with Crippen LogP contribution in [0.2, 0.25) is 0 Å². The molecule has 4 aromatic rings. The van der Waals surface area contributed by atoms with Gasteiger partial charge in [-0.15, -0.1) is 0 Å². The number of amides is 1. The van der Waals surface area contributed by atoms with Gasteiger partial charge in [0.15, 0.2) is 0 Å². The molecule has 0 heterocycles. The van der Waals surface area contributed by atoms with Gasteiger partial charge in [-0.3, -0.25) is 0 Å². The van der Waals surface area contributed by atoms with E-state index in [9.17, 15) is 15.0 Å². The van der Waals surface area contributed by atoms with Crippen LogP contribution < -0.4 is 5.32 Å². The summed E-state index contributed by atoms with van der Waals surface area (Å²) in [6.45, 7) is 6.90. The minimum Gasteiger partial charge on any atom is -0.508 e. The number of ether oxygens (including phenoxy) is 1. The van der Waals surface area contributed by atoms with Crippen molar-refractivity contribution in [3.63, 3.8) is 0 Å². The lowest BCUT2D eigenvalue weighted by atomic mass is 9.91. The minimum absolute atomic E-state index is 0.0220. The molecule has 0 aliphatic rings. The average molecular weight is 713 g/mol. The summed E-state index contributed by atoms with van der Waals surface area (Å²) in [6, 6.07) is 30.9. The maximum atomic E-state index is 12.3. The van der Waals surface area contributed by atoms with E-state index in [1.165, 1.54) is 11.1 Å². The molecule has 43 heavy (non-hydrogen) atoms. The van der Waals surface area contributed by atoms with Crippen molar-refractivity contribution < 1.29 is 19.7 Å². The van der Waals surface area contributed by atoms with Crippen molar-refractivity contribution in [2.75, 3.05) is 27.2 Å². The molecule has 8 heteroatoms. The third kappa shape index (κ3) is 11.0. The van der Waals surface area contributed by atoms with Crippen LogP contribution >= 0.6 is 31.9 Å². The number of phenolic OH excluding ortho intramolecular Hbond substituents is 2. The summed E-state index contributed by atoms with van der Waals surface area (Å²) in [6.07, 6.45) is -0.353. The van der Waals surface area contributed by atoms with Gasteiger partial charge in [-0.2, -0.15) is 0 Å². The second kappa shape index (κ2) is 15.9. The molecule has 0 saturated carbocycles. The Balaban J connectivity index is 0.000000248. The second-order valence-electron chi connectivity index (χ2n) is 11.3. The molecule has 0 radical (unpaired) electrons. The summed E-state index contributed by atoms with van der Waals surface area (Å²) >= 11 is 6.90. The number of hydrogen-bond acceptors (Lipinski definition) is 5. The zero-order chi connectivity index (χ0) is 31.6. The standard InChI is InChI=1S/C20H24BrNO3.C15H16BrNO/c1-20(2,3)25-19(24)22(4)13-18(14-5-9-16(21)10-6-14)15-7-11-17(23)12-8-15;1-17-10-15(11-2-6-13(16)7-3-11)12-4-8-14(18)9-5-12/h5-12,18,23H,13H2,1-4H3;2-9,15,17-18H,10H2,1H3. The number of nitrogens with zero attached hydrogens (tertiary/aromatic N) is 1. The molecule has 4 aromatic carbocycles. The first kappa shape index (κ1) is 34.2. The van der Waals surface area contributed by atoms with E-state index in [4.69, 9.17) is 4.74 Å². The molecule has 0 aliphatic carbocycles. The Morgan fingerprint density at radius 1 is 0.721 bits per heavy atom. The van der Waals surface area contributed by atoms with Crippen LogP contribution in [-0.2, 0) is 4.74 Å². The zero-order valence-corrected chi connectivity index (χ0v) is 28.4. The lowest BCUT2D eigenvalue weighted by molar-refractivity contribution is 0.0294. The van der Waals surface area contributed by atoms with E-state index in [1.54, 1.807) is 36.2 Å². The number of hydrogen-bond donors (Lipinski definition) is 3. The molecule has 0 aliphatic heterocycles. The van der Waals surface area contributed by atoms with E-state index in [2.05, 4.69) is 61.4 Å². The molecule has 0 bridgehead atoms. The Labute approximate surface area is 272 Å². The number of aromatic hydroxyl groups is 2. The van der Waals surface area contributed by atoms with Crippen molar-refractivity contribution in [3.8, 4) is 11.5 Å². The number of halogens is 2. The highest BCUT2D eigenvalue weighted by atomic mass is 79.9. The zero-order valence-electron chi connectivity index (χ0n) is 25.2. The molecule has 2 atom stereocenters. The molecule has 6 nitrogen and oxygen atoms in total. The summed E-state index contributed by atoms with van der Waals surface area (Å²) in [5.74, 6) is 0.798. The first-order valence-corrected chi connectivity index (χ1v) is 15.6. The molecule has 1 amide bonds. The fourth-order valence-corrected chi connectivity index (χ4v) is 5.06. The number of carbonyl (C=O) groups excluding carboxylic acids is 1. The number of phenols is 2. The van der Waals surface area contributed by atoms with E-state index in [0.29, 0.717) is 18.2 Å². The van der Waals surface area contributed by atoms with Gasteiger partial charge < -0.3 is 25.2 Å². The number of carbonyl (C=O) groups is 1. The first-order chi connectivity index (χ1) is 20.4. The van der Waals surface area contributed by atoms with E-state index in [1.807, 2.05) is 76.3 Å². The van der Waals surface area contributed by atoms with Gasteiger partial charge in [0.25, 0.3) is 0 Å². The Morgan fingerprint density at radius 2 is 1.07 bits per heavy atom. The quantitative estimate of drug-likeness (QED) is 0.171. The molecule has 3 N–H and O–H groups in total. The SMILES string of the molecule is CN(CC(c1ccc(O)cc1)c1ccc(Br)cc1)C(=O)OC(C)(C)C.CNCC(c1ccc(O)cc1)c1ccc(Br)cc1. The van der Waals surface area contributed by atoms with Gasteiger partial charge in [-0.25, -0.2) is 4.79 Å². The highest BCUT2D eigenvalue weighted by molar-refractivity contribution is 9.10. The molecule has 0 spiro atoms. The summed E-state index contributed by atoms with van der Waals surface area (Å²) in [4.78, 5) is 13.9. The van der Waals surface area contributed by atoms with Crippen molar-refractivity contribution in [2.24, 2.45) is 0 Å². The lowest BCUT2D eigenvalue weighted by Gasteiger charge is -2.28. The topological polar surface area (TPSA) is 82.0 Å². The normalized spacial score (nSPS) is 12.4. The van der Waals surface area contributed by atoms with E-state index in [-0.39, 0.29) is 17.8 Å². The van der Waals surface area contributed by atoms with Crippen LogP contribution in [0, 0.1) is 0 Å². The predicted octanol–water partition coefficient (Wildman–Crippen LogP) is 8.66. The van der Waals surface area contributed by atoms with Gasteiger partial charge in [0, 0.05) is 40.9 Å². The number of likely N-dealkylation sites (N-methyl/N-ethyl adjacent to an activating group) is 2. The third-order valence-electron chi connectivity index (χ3n) is 6.71. The minimum atomic E-state index is -0.531. The average Bonchev–Trinajstić information content (AvgIpc) is 2.96. The van der Waals surface area contributed by atoms with Crippen molar-refractivity contribution in [1.82, 2.24) is 10.2 Å². The van der Waals surface area contributed by atoms with E-state index < -0.39 is 5.60 Å². The Bertz CT molecular complexity index is 1330. The summed E-state index contributed by atoms with van der Waals surface area (Å²) in [5.41, 5.74) is 4.04. The smallest absolute Gasteiger partial charge is 0.410 e. The van der Waals surface area contributed by atoms with Gasteiger partial charge in [-0.1, -0.05) is 80.4 Å². The Kier molecular flexibility index (Phi) is 12.7. The molecular weight excluding hydrogens is 672 g/mol. The molecule has 0 saturated heterocycles. The maximum Gasteiger partial charge on any atom is 0.410 e.